The van der Waals surface area contributed by atoms with Gasteiger partial charge in [0.25, 0.3) is 5.56 Å². The number of aliphatic hydroxyl groups excluding tert-OH is 1. The molecule has 138 valence electrons. The van der Waals surface area contributed by atoms with Crippen LogP contribution in [0, 0.1) is 0 Å². The van der Waals surface area contributed by atoms with Crippen molar-refractivity contribution in [2.45, 2.75) is 64.4 Å². The zero-order valence-electron chi connectivity index (χ0n) is 15.5. The van der Waals surface area contributed by atoms with E-state index in [1.807, 2.05) is 0 Å². The van der Waals surface area contributed by atoms with Gasteiger partial charge in [0.1, 0.15) is 11.9 Å². The molecular formula is C21H26N2O3. The molecule has 5 heteroatoms. The highest BCUT2D eigenvalue weighted by Gasteiger charge is 2.37. The van der Waals surface area contributed by atoms with Crippen LogP contribution in [-0.4, -0.2) is 27.8 Å². The molecule has 0 saturated heterocycles. The number of ether oxygens (including phenoxy) is 1. The Labute approximate surface area is 153 Å². The number of fused-ring (bicyclic) bond motifs is 2. The van der Waals surface area contributed by atoms with Crippen molar-refractivity contribution in [3.05, 3.63) is 44.9 Å². The molecule has 2 atom stereocenters. The molecule has 2 aromatic heterocycles. The van der Waals surface area contributed by atoms with E-state index in [1.165, 1.54) is 11.1 Å². The van der Waals surface area contributed by atoms with Gasteiger partial charge < -0.3 is 14.8 Å². The lowest BCUT2D eigenvalue weighted by molar-refractivity contribution is 0.221. The van der Waals surface area contributed by atoms with Gasteiger partial charge in [0, 0.05) is 29.8 Å². The maximum absolute atomic E-state index is 12.2. The van der Waals surface area contributed by atoms with Crippen LogP contribution in [0.15, 0.2) is 16.9 Å². The molecule has 26 heavy (non-hydrogen) atoms. The number of aryl methyl sites for hydroxylation is 3. The maximum Gasteiger partial charge on any atom is 0.252 e. The Morgan fingerprint density at radius 2 is 2.19 bits per heavy atom. The molecule has 0 fully saturated rings. The number of hydrogen-bond donors (Lipinski definition) is 2. The zero-order chi connectivity index (χ0) is 18.3. The number of rotatable bonds is 5. The average molecular weight is 354 g/mol. The smallest absolute Gasteiger partial charge is 0.252 e. The summed E-state index contributed by atoms with van der Waals surface area (Å²) >= 11 is 0. The molecule has 0 spiro atoms. The van der Waals surface area contributed by atoms with Gasteiger partial charge in [-0.2, -0.15) is 0 Å². The summed E-state index contributed by atoms with van der Waals surface area (Å²) in [5, 5.41) is 9.06. The quantitative estimate of drug-likeness (QED) is 0.809. The predicted molar refractivity (Wildman–Crippen MR) is 101 cm³/mol. The minimum atomic E-state index is -0.133. The molecule has 2 N–H and O–H groups in total. The molecule has 0 aromatic carbocycles. The Bertz CT molecular complexity index is 888. The minimum Gasteiger partial charge on any atom is -0.489 e. The third-order valence-electron chi connectivity index (χ3n) is 5.72. The van der Waals surface area contributed by atoms with E-state index < -0.39 is 0 Å². The summed E-state index contributed by atoms with van der Waals surface area (Å²) in [6, 6.07) is 3.85. The van der Waals surface area contributed by atoms with E-state index in [1.54, 1.807) is 6.07 Å². The van der Waals surface area contributed by atoms with Crippen LogP contribution in [-0.2, 0) is 19.3 Å². The minimum absolute atomic E-state index is 0.0860. The van der Waals surface area contributed by atoms with Crippen LogP contribution in [0.25, 0.3) is 11.4 Å². The number of aliphatic hydroxyl groups is 1. The van der Waals surface area contributed by atoms with Gasteiger partial charge >= 0.3 is 0 Å². The molecular weight excluding hydrogens is 328 g/mol. The SMILES string of the molecule is CCc1nc2c(cc1CCCCO)CCC1c3c(cc(=O)[nH]c3-2)OC1C. The molecule has 1 aliphatic carbocycles. The fraction of sp³-hybridized carbons (Fsp3) is 0.524. The number of H-pyrrole nitrogens is 1. The zero-order valence-corrected chi connectivity index (χ0v) is 15.5. The molecule has 2 aromatic rings. The number of aromatic amines is 1. The highest BCUT2D eigenvalue weighted by Crippen LogP contribution is 2.47. The summed E-state index contributed by atoms with van der Waals surface area (Å²) in [5.74, 6) is 1.02. The average Bonchev–Trinajstić information content (AvgIpc) is 2.84. The van der Waals surface area contributed by atoms with Gasteiger partial charge in [-0.1, -0.05) is 13.0 Å². The molecule has 5 nitrogen and oxygen atoms in total. The molecule has 0 saturated carbocycles. The monoisotopic (exact) mass is 354 g/mol. The van der Waals surface area contributed by atoms with Crippen LogP contribution in [0.2, 0.25) is 0 Å². The Hall–Kier alpha value is -2.14. The van der Waals surface area contributed by atoms with Crippen molar-refractivity contribution in [1.29, 1.82) is 0 Å². The van der Waals surface area contributed by atoms with Crippen molar-refractivity contribution in [2.24, 2.45) is 0 Å². The summed E-state index contributed by atoms with van der Waals surface area (Å²) in [6.07, 6.45) is 5.61. The second kappa shape index (κ2) is 6.88. The molecule has 4 rings (SSSR count). The van der Waals surface area contributed by atoms with E-state index >= 15 is 0 Å². The van der Waals surface area contributed by atoms with Gasteiger partial charge in [-0.05, 0) is 56.6 Å². The van der Waals surface area contributed by atoms with Crippen molar-refractivity contribution >= 4 is 0 Å². The molecule has 2 unspecified atom stereocenters. The fourth-order valence-electron chi connectivity index (χ4n) is 4.40. The lowest BCUT2D eigenvalue weighted by Crippen LogP contribution is -2.14. The number of aromatic nitrogens is 2. The first-order valence-electron chi connectivity index (χ1n) is 9.69. The van der Waals surface area contributed by atoms with Crippen molar-refractivity contribution < 1.29 is 9.84 Å². The van der Waals surface area contributed by atoms with E-state index in [0.29, 0.717) is 5.92 Å². The summed E-state index contributed by atoms with van der Waals surface area (Å²) in [5.41, 5.74) is 6.34. The van der Waals surface area contributed by atoms with Crippen molar-refractivity contribution in [3.8, 4) is 17.1 Å². The number of pyridine rings is 2. The number of unbranched alkanes of at least 4 members (excludes halogenated alkanes) is 1. The molecule has 0 radical (unpaired) electrons. The number of hydrogen-bond acceptors (Lipinski definition) is 4. The van der Waals surface area contributed by atoms with E-state index in [-0.39, 0.29) is 18.3 Å². The van der Waals surface area contributed by atoms with Crippen LogP contribution in [0.4, 0.5) is 0 Å². The third kappa shape index (κ3) is 2.84. The first-order valence-corrected chi connectivity index (χ1v) is 9.69. The third-order valence-corrected chi connectivity index (χ3v) is 5.72. The Kier molecular flexibility index (Phi) is 4.57. The molecule has 0 bridgehead atoms. The van der Waals surface area contributed by atoms with Gasteiger partial charge in [0.05, 0.1) is 11.4 Å². The first-order chi connectivity index (χ1) is 12.6. The van der Waals surface area contributed by atoms with E-state index in [0.717, 1.165) is 66.9 Å². The van der Waals surface area contributed by atoms with Gasteiger partial charge in [-0.25, -0.2) is 0 Å². The van der Waals surface area contributed by atoms with Gasteiger partial charge in [-0.3, -0.25) is 9.78 Å². The van der Waals surface area contributed by atoms with E-state index in [9.17, 15) is 4.79 Å². The Morgan fingerprint density at radius 1 is 1.35 bits per heavy atom. The van der Waals surface area contributed by atoms with Gasteiger partial charge in [-0.15, -0.1) is 0 Å². The Morgan fingerprint density at radius 3 is 2.96 bits per heavy atom. The maximum atomic E-state index is 12.2. The topological polar surface area (TPSA) is 75.2 Å². The summed E-state index contributed by atoms with van der Waals surface area (Å²) in [4.78, 5) is 20.2. The molecule has 0 amide bonds. The van der Waals surface area contributed by atoms with Crippen LogP contribution in [0.1, 0.15) is 61.4 Å². The van der Waals surface area contributed by atoms with Crippen LogP contribution >= 0.6 is 0 Å². The van der Waals surface area contributed by atoms with Crippen LogP contribution in [0.3, 0.4) is 0 Å². The fourth-order valence-corrected chi connectivity index (χ4v) is 4.40. The largest absolute Gasteiger partial charge is 0.489 e. The number of nitrogens with zero attached hydrogens (tertiary/aromatic N) is 1. The van der Waals surface area contributed by atoms with E-state index in [2.05, 4.69) is 24.9 Å². The van der Waals surface area contributed by atoms with Crippen molar-refractivity contribution in [3.63, 3.8) is 0 Å². The first kappa shape index (κ1) is 17.3. The second-order valence-electron chi connectivity index (χ2n) is 7.39. The lowest BCUT2D eigenvalue weighted by atomic mass is 9.92. The second-order valence-corrected chi connectivity index (χ2v) is 7.39. The highest BCUT2D eigenvalue weighted by atomic mass is 16.5. The molecule has 2 aliphatic rings. The predicted octanol–water partition coefficient (Wildman–Crippen LogP) is 3.13. The standard InChI is InChI=1S/C21H26N2O3/c1-3-16-13(6-4-5-9-24)10-14-7-8-15-12(2)26-17-11-18(25)23-21(19(15)17)20(14)22-16/h10-12,15,24H,3-9H2,1-2H3,(H,23,25). The summed E-state index contributed by atoms with van der Waals surface area (Å²) < 4.78 is 5.96. The number of nitrogens with one attached hydrogen (secondary N) is 1. The Balaban J connectivity index is 1.85. The van der Waals surface area contributed by atoms with Gasteiger partial charge in [0.15, 0.2) is 0 Å². The van der Waals surface area contributed by atoms with Crippen molar-refractivity contribution in [2.75, 3.05) is 6.61 Å². The van der Waals surface area contributed by atoms with Crippen LogP contribution < -0.4 is 10.3 Å². The highest BCUT2D eigenvalue weighted by molar-refractivity contribution is 5.69. The van der Waals surface area contributed by atoms with E-state index in [4.69, 9.17) is 14.8 Å². The molecule has 1 aliphatic heterocycles. The summed E-state index contributed by atoms with van der Waals surface area (Å²) in [6.45, 7) is 4.43. The van der Waals surface area contributed by atoms with Crippen molar-refractivity contribution in [1.82, 2.24) is 9.97 Å². The van der Waals surface area contributed by atoms with Crippen LogP contribution in [0.5, 0.6) is 5.75 Å². The lowest BCUT2D eigenvalue weighted by Gasteiger charge is -2.15. The normalized spacial score (nSPS) is 20.3. The summed E-state index contributed by atoms with van der Waals surface area (Å²) in [7, 11) is 0. The molecule has 3 heterocycles. The van der Waals surface area contributed by atoms with Gasteiger partial charge in [0.2, 0.25) is 0 Å².